The summed E-state index contributed by atoms with van der Waals surface area (Å²) in [6, 6.07) is 14.5. The van der Waals surface area contributed by atoms with Gasteiger partial charge in [-0.2, -0.15) is 11.3 Å². The van der Waals surface area contributed by atoms with Gasteiger partial charge in [0.2, 0.25) is 6.79 Å². The van der Waals surface area contributed by atoms with E-state index in [1.54, 1.807) is 29.5 Å². The van der Waals surface area contributed by atoms with Gasteiger partial charge in [0.1, 0.15) is 0 Å². The normalized spacial score (nSPS) is 13.5. The number of hydrogen-bond acceptors (Lipinski definition) is 4. The van der Waals surface area contributed by atoms with Crippen LogP contribution in [0.3, 0.4) is 0 Å². The third-order valence-corrected chi connectivity index (χ3v) is 4.95. The van der Waals surface area contributed by atoms with Gasteiger partial charge in [0, 0.05) is 5.02 Å². The molecule has 2 aromatic carbocycles. The predicted molar refractivity (Wildman–Crippen MR) is 97.6 cm³/mol. The molecule has 3 aromatic rings. The zero-order valence-corrected chi connectivity index (χ0v) is 14.6. The molecular weight excluding hydrogens is 358 g/mol. The van der Waals surface area contributed by atoms with E-state index in [0.717, 1.165) is 11.1 Å². The molecule has 0 aliphatic carbocycles. The van der Waals surface area contributed by atoms with Crippen LogP contribution in [0.15, 0.2) is 59.3 Å². The van der Waals surface area contributed by atoms with Crippen molar-refractivity contribution < 1.29 is 14.3 Å². The first-order valence-electron chi connectivity index (χ1n) is 7.69. The maximum atomic E-state index is 12.9. The Bertz CT molecular complexity index is 894. The van der Waals surface area contributed by atoms with E-state index in [1.165, 1.54) is 0 Å². The fourth-order valence-corrected chi connectivity index (χ4v) is 3.58. The van der Waals surface area contributed by atoms with Crippen molar-refractivity contribution in [3.63, 3.8) is 0 Å². The van der Waals surface area contributed by atoms with Gasteiger partial charge in [-0.1, -0.05) is 29.8 Å². The molecule has 6 heteroatoms. The van der Waals surface area contributed by atoms with Gasteiger partial charge in [-0.05, 0) is 52.2 Å². The molecule has 1 aromatic heterocycles. The molecule has 1 atom stereocenters. The van der Waals surface area contributed by atoms with Crippen LogP contribution in [0.2, 0.25) is 5.02 Å². The van der Waals surface area contributed by atoms with E-state index in [1.807, 2.05) is 41.1 Å². The second kappa shape index (κ2) is 6.78. The molecule has 25 heavy (non-hydrogen) atoms. The van der Waals surface area contributed by atoms with Crippen molar-refractivity contribution in [3.05, 3.63) is 81.0 Å². The number of carbonyl (C=O) groups is 1. The molecule has 1 unspecified atom stereocenters. The topological polar surface area (TPSA) is 47.6 Å². The summed E-state index contributed by atoms with van der Waals surface area (Å²) >= 11 is 7.58. The van der Waals surface area contributed by atoms with E-state index in [9.17, 15) is 4.79 Å². The van der Waals surface area contributed by atoms with Crippen LogP contribution >= 0.6 is 22.9 Å². The van der Waals surface area contributed by atoms with Crippen molar-refractivity contribution in [1.29, 1.82) is 0 Å². The molecule has 0 fully saturated rings. The van der Waals surface area contributed by atoms with E-state index in [2.05, 4.69) is 5.32 Å². The minimum absolute atomic E-state index is 0.130. The smallest absolute Gasteiger partial charge is 0.255 e. The van der Waals surface area contributed by atoms with Gasteiger partial charge >= 0.3 is 0 Å². The lowest BCUT2D eigenvalue weighted by molar-refractivity contribution is 0.0938. The van der Waals surface area contributed by atoms with E-state index < -0.39 is 0 Å². The van der Waals surface area contributed by atoms with Crippen molar-refractivity contribution in [3.8, 4) is 11.5 Å². The van der Waals surface area contributed by atoms with Crippen molar-refractivity contribution >= 4 is 28.8 Å². The Morgan fingerprint density at radius 2 is 1.92 bits per heavy atom. The zero-order chi connectivity index (χ0) is 17.2. The van der Waals surface area contributed by atoms with E-state index in [0.29, 0.717) is 22.1 Å². The molecule has 0 radical (unpaired) electrons. The van der Waals surface area contributed by atoms with Gasteiger partial charge in [-0.15, -0.1) is 0 Å². The van der Waals surface area contributed by atoms with E-state index in [4.69, 9.17) is 21.1 Å². The Morgan fingerprint density at radius 1 is 1.08 bits per heavy atom. The maximum Gasteiger partial charge on any atom is 0.255 e. The summed E-state index contributed by atoms with van der Waals surface area (Å²) in [5.74, 6) is 0.861. The number of thiophene rings is 1. The number of halogens is 1. The van der Waals surface area contributed by atoms with Gasteiger partial charge in [0.15, 0.2) is 11.5 Å². The Hall–Kier alpha value is -2.50. The fraction of sp³-hybridized carbons (Fsp3) is 0.105. The van der Waals surface area contributed by atoms with Crippen LogP contribution in [0.1, 0.15) is 27.5 Å². The molecule has 1 amide bonds. The first-order valence-corrected chi connectivity index (χ1v) is 9.01. The monoisotopic (exact) mass is 371 g/mol. The predicted octanol–water partition coefficient (Wildman–Crippen LogP) is 4.65. The Labute approximate surface area is 154 Å². The van der Waals surface area contributed by atoms with Crippen molar-refractivity contribution in [1.82, 2.24) is 5.32 Å². The minimum atomic E-state index is -0.269. The van der Waals surface area contributed by atoms with Crippen LogP contribution < -0.4 is 14.8 Å². The highest BCUT2D eigenvalue weighted by Gasteiger charge is 2.24. The molecule has 4 rings (SSSR count). The summed E-state index contributed by atoms with van der Waals surface area (Å²) in [5, 5.41) is 7.76. The number of hydrogen-bond donors (Lipinski definition) is 1. The number of amides is 1. The van der Waals surface area contributed by atoms with Crippen molar-refractivity contribution in [2.45, 2.75) is 6.04 Å². The Balaban J connectivity index is 1.66. The van der Waals surface area contributed by atoms with Crippen LogP contribution in [0.5, 0.6) is 11.5 Å². The van der Waals surface area contributed by atoms with Gasteiger partial charge < -0.3 is 14.8 Å². The number of para-hydroxylation sites is 1. The average molecular weight is 372 g/mol. The van der Waals surface area contributed by atoms with Crippen LogP contribution in [0.25, 0.3) is 0 Å². The number of fused-ring (bicyclic) bond motifs is 1. The maximum absolute atomic E-state index is 12.9. The molecular formula is C19H14ClNO3S. The molecule has 126 valence electrons. The number of rotatable bonds is 4. The molecule has 1 aliphatic rings. The zero-order valence-electron chi connectivity index (χ0n) is 13.1. The fourth-order valence-electron chi connectivity index (χ4n) is 2.77. The highest BCUT2D eigenvalue weighted by Crippen LogP contribution is 2.36. The number of ether oxygens (including phenoxy) is 2. The van der Waals surface area contributed by atoms with Crippen molar-refractivity contribution in [2.24, 2.45) is 0 Å². The van der Waals surface area contributed by atoms with Crippen molar-refractivity contribution in [2.75, 3.05) is 6.79 Å². The lowest BCUT2D eigenvalue weighted by Crippen LogP contribution is -2.29. The summed E-state index contributed by atoms with van der Waals surface area (Å²) in [5.41, 5.74) is 2.44. The van der Waals surface area contributed by atoms with Gasteiger partial charge in [0.05, 0.1) is 11.6 Å². The van der Waals surface area contributed by atoms with Crippen LogP contribution in [0.4, 0.5) is 0 Å². The summed E-state index contributed by atoms with van der Waals surface area (Å²) in [7, 11) is 0. The molecule has 1 N–H and O–H groups in total. The molecule has 0 bridgehead atoms. The lowest BCUT2D eigenvalue weighted by Gasteiger charge is -2.19. The number of carbonyl (C=O) groups excluding carboxylic acids is 1. The van der Waals surface area contributed by atoms with Gasteiger partial charge in [-0.25, -0.2) is 0 Å². The Morgan fingerprint density at radius 3 is 2.68 bits per heavy atom. The summed E-state index contributed by atoms with van der Waals surface area (Å²) in [4.78, 5) is 12.9. The standard InChI is InChI=1S/C19H14ClNO3S/c20-14-6-4-12(5-7-14)17(13-8-9-25-10-13)21-19(22)15-2-1-3-16-18(15)24-11-23-16/h1-10,17H,11H2,(H,21,22). The third-order valence-electron chi connectivity index (χ3n) is 4.00. The van der Waals surface area contributed by atoms with Gasteiger partial charge in [-0.3, -0.25) is 4.79 Å². The molecule has 2 heterocycles. The average Bonchev–Trinajstić information content (AvgIpc) is 3.31. The van der Waals surface area contributed by atoms with E-state index >= 15 is 0 Å². The second-order valence-corrected chi connectivity index (χ2v) is 6.77. The highest BCUT2D eigenvalue weighted by atomic mass is 35.5. The molecule has 0 spiro atoms. The van der Waals surface area contributed by atoms with Crippen LogP contribution in [-0.4, -0.2) is 12.7 Å². The molecule has 4 nitrogen and oxygen atoms in total. The van der Waals surface area contributed by atoms with E-state index in [-0.39, 0.29) is 18.7 Å². The largest absolute Gasteiger partial charge is 0.454 e. The number of nitrogens with one attached hydrogen (secondary N) is 1. The molecule has 0 saturated heterocycles. The van der Waals surface area contributed by atoms with Crippen LogP contribution in [-0.2, 0) is 0 Å². The summed E-state index contributed by atoms with van der Waals surface area (Å²) in [6.45, 7) is 0.130. The van der Waals surface area contributed by atoms with Crippen LogP contribution in [0, 0.1) is 0 Å². The summed E-state index contributed by atoms with van der Waals surface area (Å²) < 4.78 is 10.8. The first kappa shape index (κ1) is 16.0. The highest BCUT2D eigenvalue weighted by molar-refractivity contribution is 7.08. The number of benzene rings is 2. The lowest BCUT2D eigenvalue weighted by atomic mass is 10.0. The van der Waals surface area contributed by atoms with Gasteiger partial charge in [0.25, 0.3) is 5.91 Å². The quantitative estimate of drug-likeness (QED) is 0.726. The molecule has 1 aliphatic heterocycles. The Kier molecular flexibility index (Phi) is 4.34. The third kappa shape index (κ3) is 3.21. The minimum Gasteiger partial charge on any atom is -0.454 e. The molecule has 0 saturated carbocycles. The second-order valence-electron chi connectivity index (χ2n) is 5.55. The SMILES string of the molecule is O=C(NC(c1ccc(Cl)cc1)c1ccsc1)c1cccc2c1OCO2. The summed E-state index contributed by atoms with van der Waals surface area (Å²) in [6.07, 6.45) is 0. The first-order chi connectivity index (χ1) is 12.2.